The minimum atomic E-state index is -0.444. The molecule has 0 unspecified atom stereocenters. The fraction of sp³-hybridized carbons (Fsp3) is 0. The predicted molar refractivity (Wildman–Crippen MR) is 57.0 cm³/mol. The van der Waals surface area contributed by atoms with E-state index in [0.717, 1.165) is 17.3 Å². The van der Waals surface area contributed by atoms with Gasteiger partial charge in [0.25, 0.3) is 0 Å². The Hall–Kier alpha value is -1.62. The van der Waals surface area contributed by atoms with E-state index in [1.165, 1.54) is 11.8 Å². The van der Waals surface area contributed by atoms with Crippen LogP contribution in [0.3, 0.4) is 0 Å². The number of para-hydroxylation sites is 1. The molecule has 0 atom stereocenters. The molecule has 3 nitrogen and oxygen atoms in total. The fourth-order valence-electron chi connectivity index (χ4n) is 1.02. The molecule has 0 saturated carbocycles. The highest BCUT2D eigenvalue weighted by molar-refractivity contribution is 7.99. The van der Waals surface area contributed by atoms with E-state index in [0.29, 0.717) is 10.8 Å². The molecule has 0 aliphatic heterocycles. The SMILES string of the molecule is Nc1ccccc1Sc1ncc(F)cn1. The van der Waals surface area contributed by atoms with Crippen molar-refractivity contribution in [3.63, 3.8) is 0 Å². The van der Waals surface area contributed by atoms with Crippen molar-refractivity contribution in [3.8, 4) is 0 Å². The molecule has 1 aromatic heterocycles. The van der Waals surface area contributed by atoms with Gasteiger partial charge in [-0.2, -0.15) is 0 Å². The van der Waals surface area contributed by atoms with Crippen LogP contribution < -0.4 is 5.73 Å². The second kappa shape index (κ2) is 4.27. The molecule has 1 aromatic carbocycles. The van der Waals surface area contributed by atoms with Gasteiger partial charge in [0.05, 0.1) is 12.4 Å². The molecule has 0 radical (unpaired) electrons. The molecule has 2 aromatic rings. The molecular formula is C10H8FN3S. The lowest BCUT2D eigenvalue weighted by molar-refractivity contribution is 0.605. The Morgan fingerprint density at radius 1 is 1.13 bits per heavy atom. The zero-order valence-corrected chi connectivity index (χ0v) is 8.54. The van der Waals surface area contributed by atoms with Crippen LogP contribution in [0.1, 0.15) is 0 Å². The lowest BCUT2D eigenvalue weighted by Crippen LogP contribution is -1.90. The van der Waals surface area contributed by atoms with E-state index in [2.05, 4.69) is 9.97 Å². The van der Waals surface area contributed by atoms with Gasteiger partial charge >= 0.3 is 0 Å². The van der Waals surface area contributed by atoms with Crippen molar-refractivity contribution in [1.29, 1.82) is 0 Å². The van der Waals surface area contributed by atoms with Gasteiger partial charge in [-0.15, -0.1) is 0 Å². The maximum Gasteiger partial charge on any atom is 0.192 e. The van der Waals surface area contributed by atoms with E-state index in [1.807, 2.05) is 18.2 Å². The number of aromatic nitrogens is 2. The van der Waals surface area contributed by atoms with Crippen LogP contribution in [0, 0.1) is 5.82 Å². The zero-order chi connectivity index (χ0) is 10.7. The summed E-state index contributed by atoms with van der Waals surface area (Å²) in [6.07, 6.45) is 2.27. The first-order valence-corrected chi connectivity index (χ1v) is 5.07. The van der Waals surface area contributed by atoms with Crippen LogP contribution >= 0.6 is 11.8 Å². The van der Waals surface area contributed by atoms with Crippen molar-refractivity contribution < 1.29 is 4.39 Å². The summed E-state index contributed by atoms with van der Waals surface area (Å²) in [5, 5.41) is 0.481. The maximum atomic E-state index is 12.5. The summed E-state index contributed by atoms with van der Waals surface area (Å²) < 4.78 is 12.5. The molecule has 15 heavy (non-hydrogen) atoms. The normalized spacial score (nSPS) is 10.2. The number of benzene rings is 1. The molecular weight excluding hydrogens is 213 g/mol. The lowest BCUT2D eigenvalue weighted by atomic mass is 10.3. The van der Waals surface area contributed by atoms with E-state index in [-0.39, 0.29) is 0 Å². The third-order valence-corrected chi connectivity index (χ3v) is 2.70. The van der Waals surface area contributed by atoms with Gasteiger partial charge in [0, 0.05) is 10.6 Å². The predicted octanol–water partition coefficient (Wildman–Crippen LogP) is 2.35. The molecule has 1 heterocycles. The molecule has 0 spiro atoms. The Bertz CT molecular complexity index is 458. The van der Waals surface area contributed by atoms with Gasteiger partial charge in [0.1, 0.15) is 0 Å². The Labute approximate surface area is 90.6 Å². The molecule has 0 fully saturated rings. The number of nitrogens with two attached hydrogens (primary N) is 1. The summed E-state index contributed by atoms with van der Waals surface area (Å²) in [7, 11) is 0. The van der Waals surface area contributed by atoms with E-state index < -0.39 is 5.82 Å². The first-order chi connectivity index (χ1) is 7.25. The van der Waals surface area contributed by atoms with Crippen molar-refractivity contribution in [2.45, 2.75) is 10.1 Å². The van der Waals surface area contributed by atoms with Crippen LogP contribution in [0.4, 0.5) is 10.1 Å². The number of nitrogen functional groups attached to an aromatic ring is 1. The number of hydrogen-bond donors (Lipinski definition) is 1. The molecule has 0 saturated heterocycles. The van der Waals surface area contributed by atoms with Crippen LogP contribution in [0.25, 0.3) is 0 Å². The minimum Gasteiger partial charge on any atom is -0.398 e. The van der Waals surface area contributed by atoms with E-state index in [9.17, 15) is 4.39 Å². The fourth-order valence-corrected chi connectivity index (χ4v) is 1.76. The van der Waals surface area contributed by atoms with Crippen molar-refractivity contribution >= 4 is 17.4 Å². The third kappa shape index (κ3) is 2.44. The Balaban J connectivity index is 2.22. The van der Waals surface area contributed by atoms with Gasteiger partial charge in [-0.25, -0.2) is 14.4 Å². The molecule has 2 rings (SSSR count). The van der Waals surface area contributed by atoms with Crippen LogP contribution in [0.2, 0.25) is 0 Å². The van der Waals surface area contributed by atoms with Gasteiger partial charge in [-0.3, -0.25) is 0 Å². The highest BCUT2D eigenvalue weighted by Crippen LogP contribution is 2.28. The minimum absolute atomic E-state index is 0.444. The van der Waals surface area contributed by atoms with E-state index >= 15 is 0 Å². The van der Waals surface area contributed by atoms with Crippen LogP contribution in [0.5, 0.6) is 0 Å². The smallest absolute Gasteiger partial charge is 0.192 e. The topological polar surface area (TPSA) is 51.8 Å². The zero-order valence-electron chi connectivity index (χ0n) is 7.72. The van der Waals surface area contributed by atoms with Crippen molar-refractivity contribution in [2.75, 3.05) is 5.73 Å². The summed E-state index contributed by atoms with van der Waals surface area (Å²) in [6.45, 7) is 0. The number of halogens is 1. The number of anilines is 1. The summed E-state index contributed by atoms with van der Waals surface area (Å²) in [4.78, 5) is 8.54. The Morgan fingerprint density at radius 3 is 2.47 bits per heavy atom. The molecule has 0 aliphatic carbocycles. The van der Waals surface area contributed by atoms with Crippen molar-refractivity contribution in [1.82, 2.24) is 9.97 Å². The first-order valence-electron chi connectivity index (χ1n) is 4.25. The van der Waals surface area contributed by atoms with E-state index in [1.54, 1.807) is 6.07 Å². The monoisotopic (exact) mass is 221 g/mol. The molecule has 5 heteroatoms. The molecule has 0 amide bonds. The Kier molecular flexibility index (Phi) is 2.82. The van der Waals surface area contributed by atoms with E-state index in [4.69, 9.17) is 5.73 Å². The summed E-state index contributed by atoms with van der Waals surface area (Å²) in [5.74, 6) is -0.444. The average molecular weight is 221 g/mol. The average Bonchev–Trinajstić information content (AvgIpc) is 2.25. The highest BCUT2D eigenvalue weighted by Gasteiger charge is 2.03. The highest BCUT2D eigenvalue weighted by atomic mass is 32.2. The Morgan fingerprint density at radius 2 is 1.80 bits per heavy atom. The molecule has 76 valence electrons. The maximum absolute atomic E-state index is 12.5. The second-order valence-electron chi connectivity index (χ2n) is 2.82. The standard InChI is InChI=1S/C10H8FN3S/c11-7-5-13-10(14-6-7)15-9-4-2-1-3-8(9)12/h1-6H,12H2. The summed E-state index contributed by atoms with van der Waals surface area (Å²) >= 11 is 1.31. The van der Waals surface area contributed by atoms with Crippen LogP contribution in [0.15, 0.2) is 46.7 Å². The van der Waals surface area contributed by atoms with Crippen molar-refractivity contribution in [2.24, 2.45) is 0 Å². The van der Waals surface area contributed by atoms with Crippen molar-refractivity contribution in [3.05, 3.63) is 42.5 Å². The van der Waals surface area contributed by atoms with Gasteiger partial charge in [0.2, 0.25) is 0 Å². The van der Waals surface area contributed by atoms with Gasteiger partial charge in [-0.05, 0) is 23.9 Å². The quantitative estimate of drug-likeness (QED) is 0.624. The number of nitrogens with zero attached hydrogens (tertiary/aromatic N) is 2. The number of rotatable bonds is 2. The molecule has 2 N–H and O–H groups in total. The van der Waals surface area contributed by atoms with Crippen LogP contribution in [-0.2, 0) is 0 Å². The second-order valence-corrected chi connectivity index (χ2v) is 3.83. The third-order valence-electron chi connectivity index (χ3n) is 1.72. The summed E-state index contributed by atoms with van der Waals surface area (Å²) in [5.41, 5.74) is 6.41. The first kappa shape index (κ1) is 9.92. The lowest BCUT2D eigenvalue weighted by Gasteiger charge is -2.02. The molecule has 0 aliphatic rings. The summed E-state index contributed by atoms with van der Waals surface area (Å²) in [6, 6.07) is 7.39. The van der Waals surface area contributed by atoms with Gasteiger partial charge < -0.3 is 5.73 Å². The van der Waals surface area contributed by atoms with Gasteiger partial charge in [0.15, 0.2) is 11.0 Å². The molecule has 0 bridgehead atoms. The van der Waals surface area contributed by atoms with Gasteiger partial charge in [-0.1, -0.05) is 12.1 Å². The number of hydrogen-bond acceptors (Lipinski definition) is 4. The largest absolute Gasteiger partial charge is 0.398 e. The van der Waals surface area contributed by atoms with Crippen LogP contribution in [-0.4, -0.2) is 9.97 Å².